The minimum atomic E-state index is -3.75. The number of methoxy groups -OCH3 is 1. The van der Waals surface area contributed by atoms with Gasteiger partial charge in [0.15, 0.2) is 0 Å². The van der Waals surface area contributed by atoms with Crippen LogP contribution in [0.2, 0.25) is 0 Å². The number of nitrogens with one attached hydrogen (secondary N) is 1. The van der Waals surface area contributed by atoms with Crippen LogP contribution in [0.3, 0.4) is 0 Å². The van der Waals surface area contributed by atoms with E-state index in [-0.39, 0.29) is 35.7 Å². The average Bonchev–Trinajstić information content (AvgIpc) is 2.62. The lowest BCUT2D eigenvalue weighted by molar-refractivity contribution is 0.0729. The highest BCUT2D eigenvalue weighted by molar-refractivity contribution is 7.89. The van der Waals surface area contributed by atoms with Crippen molar-refractivity contribution in [2.24, 2.45) is 0 Å². The molecule has 1 aliphatic rings. The van der Waals surface area contributed by atoms with Crippen molar-refractivity contribution >= 4 is 15.9 Å². The highest BCUT2D eigenvalue weighted by atomic mass is 32.2. The van der Waals surface area contributed by atoms with E-state index in [1.165, 1.54) is 23.5 Å². The minimum Gasteiger partial charge on any atom is -0.495 e. The molecule has 0 saturated carbocycles. The Hall–Kier alpha value is -1.64. The maximum atomic E-state index is 12.9. The Bertz CT molecular complexity index is 699. The summed E-state index contributed by atoms with van der Waals surface area (Å²) < 4.78 is 37.6. The van der Waals surface area contributed by atoms with Crippen molar-refractivity contribution in [1.29, 1.82) is 0 Å². The minimum absolute atomic E-state index is 0.00712. The fourth-order valence-electron chi connectivity index (χ4n) is 2.76. The first-order chi connectivity index (χ1) is 11.9. The van der Waals surface area contributed by atoms with Crippen molar-refractivity contribution < 1.29 is 22.7 Å². The first-order valence-corrected chi connectivity index (χ1v) is 9.91. The molecule has 0 radical (unpaired) electrons. The number of morpholine rings is 1. The number of nitrogens with zero attached hydrogens (tertiary/aromatic N) is 1. The lowest BCUT2D eigenvalue weighted by Crippen LogP contribution is -2.40. The topological polar surface area (TPSA) is 84.9 Å². The molecule has 0 bridgehead atoms. The third-order valence-corrected chi connectivity index (χ3v) is 6.03. The molecule has 2 rings (SSSR count). The van der Waals surface area contributed by atoms with Crippen molar-refractivity contribution in [2.45, 2.75) is 37.6 Å². The summed E-state index contributed by atoms with van der Waals surface area (Å²) in [4.78, 5) is 12.4. The van der Waals surface area contributed by atoms with Gasteiger partial charge in [0.25, 0.3) is 5.91 Å². The smallest absolute Gasteiger partial charge is 0.251 e. The predicted molar refractivity (Wildman–Crippen MR) is 94.4 cm³/mol. The Labute approximate surface area is 149 Å². The molecule has 1 aromatic carbocycles. The van der Waals surface area contributed by atoms with E-state index in [4.69, 9.17) is 9.47 Å². The molecule has 8 heteroatoms. The number of carbonyl (C=O) groups is 1. The number of carbonyl (C=O) groups excluding carboxylic acids is 1. The highest BCUT2D eigenvalue weighted by Crippen LogP contribution is 2.28. The van der Waals surface area contributed by atoms with Crippen LogP contribution in [0.5, 0.6) is 5.75 Å². The second-order valence-electron chi connectivity index (χ2n) is 6.05. The summed E-state index contributed by atoms with van der Waals surface area (Å²) in [5.74, 6) is -0.0633. The number of sulfonamides is 1. The van der Waals surface area contributed by atoms with Crippen LogP contribution >= 0.6 is 0 Å². The van der Waals surface area contributed by atoms with Gasteiger partial charge in [-0.15, -0.1) is 0 Å². The van der Waals surface area contributed by atoms with Crippen LogP contribution in [0.1, 0.15) is 37.0 Å². The number of hydrogen-bond acceptors (Lipinski definition) is 5. The molecule has 1 heterocycles. The van der Waals surface area contributed by atoms with Gasteiger partial charge in [-0.2, -0.15) is 4.31 Å². The first kappa shape index (κ1) is 19.7. The van der Waals surface area contributed by atoms with Crippen molar-refractivity contribution in [2.75, 3.05) is 33.4 Å². The van der Waals surface area contributed by atoms with Crippen LogP contribution in [0.15, 0.2) is 23.1 Å². The Morgan fingerprint density at radius 2 is 2.04 bits per heavy atom. The Morgan fingerprint density at radius 3 is 2.64 bits per heavy atom. The van der Waals surface area contributed by atoms with Crippen LogP contribution in [-0.4, -0.2) is 58.1 Å². The van der Waals surface area contributed by atoms with E-state index in [2.05, 4.69) is 5.32 Å². The summed E-state index contributed by atoms with van der Waals surface area (Å²) in [5.41, 5.74) is 0.301. The van der Waals surface area contributed by atoms with Crippen molar-refractivity contribution in [3.63, 3.8) is 0 Å². The van der Waals surface area contributed by atoms with Gasteiger partial charge in [-0.25, -0.2) is 8.42 Å². The van der Waals surface area contributed by atoms with Crippen molar-refractivity contribution in [3.8, 4) is 5.75 Å². The molecule has 0 aliphatic carbocycles. The van der Waals surface area contributed by atoms with Gasteiger partial charge in [-0.05, 0) is 31.5 Å². The Balaban J connectivity index is 2.32. The highest BCUT2D eigenvalue weighted by Gasteiger charge is 2.30. The van der Waals surface area contributed by atoms with Gasteiger partial charge in [0, 0.05) is 24.7 Å². The molecule has 140 valence electrons. The molecule has 7 nitrogen and oxygen atoms in total. The van der Waals surface area contributed by atoms with E-state index in [9.17, 15) is 13.2 Å². The maximum Gasteiger partial charge on any atom is 0.251 e. The monoisotopic (exact) mass is 370 g/mol. The molecule has 1 saturated heterocycles. The maximum absolute atomic E-state index is 12.9. The van der Waals surface area contributed by atoms with Gasteiger partial charge in [-0.1, -0.05) is 13.3 Å². The summed E-state index contributed by atoms with van der Waals surface area (Å²) in [7, 11) is -2.34. The summed E-state index contributed by atoms with van der Waals surface area (Å²) in [6.45, 7) is 5.26. The summed E-state index contributed by atoms with van der Waals surface area (Å²) in [5, 5.41) is 2.88. The van der Waals surface area contributed by atoms with Gasteiger partial charge in [0.1, 0.15) is 10.6 Å². The molecular weight excluding hydrogens is 344 g/mol. The molecule has 0 spiro atoms. The van der Waals surface area contributed by atoms with Crippen LogP contribution < -0.4 is 10.1 Å². The zero-order valence-electron chi connectivity index (χ0n) is 14.9. The zero-order valence-corrected chi connectivity index (χ0v) is 15.8. The standard InChI is InChI=1S/C17H26N2O5S/c1-4-5-13(2)18-17(20)14-6-7-15(23-3)16(12-14)25(21,22)19-8-10-24-11-9-19/h6-7,12-13H,4-5,8-11H2,1-3H3,(H,18,20). The molecule has 1 unspecified atom stereocenters. The number of hydrogen-bond donors (Lipinski definition) is 1. The number of ether oxygens (including phenoxy) is 2. The van der Waals surface area contributed by atoms with Crippen LogP contribution in [0.25, 0.3) is 0 Å². The quantitative estimate of drug-likeness (QED) is 0.789. The van der Waals surface area contributed by atoms with Gasteiger partial charge >= 0.3 is 0 Å². The first-order valence-electron chi connectivity index (χ1n) is 8.47. The van der Waals surface area contributed by atoms with Gasteiger partial charge < -0.3 is 14.8 Å². The van der Waals surface area contributed by atoms with E-state index < -0.39 is 10.0 Å². The number of amides is 1. The summed E-state index contributed by atoms with van der Waals surface area (Å²) >= 11 is 0. The lowest BCUT2D eigenvalue weighted by atomic mass is 10.1. The Morgan fingerprint density at radius 1 is 1.36 bits per heavy atom. The van der Waals surface area contributed by atoms with Crippen LogP contribution in [-0.2, 0) is 14.8 Å². The molecule has 1 aliphatic heterocycles. The number of rotatable bonds is 7. The van der Waals surface area contributed by atoms with E-state index in [1.54, 1.807) is 6.07 Å². The van der Waals surface area contributed by atoms with Crippen molar-refractivity contribution in [1.82, 2.24) is 9.62 Å². The fraction of sp³-hybridized carbons (Fsp3) is 0.588. The largest absolute Gasteiger partial charge is 0.495 e. The third-order valence-electron chi connectivity index (χ3n) is 4.11. The third kappa shape index (κ3) is 4.71. The predicted octanol–water partition coefficient (Wildman–Crippen LogP) is 1.63. The Kier molecular flexibility index (Phi) is 6.80. The normalized spacial score (nSPS) is 17.1. The van der Waals surface area contributed by atoms with E-state index in [1.807, 2.05) is 13.8 Å². The fourth-order valence-corrected chi connectivity index (χ4v) is 4.35. The zero-order chi connectivity index (χ0) is 18.4. The molecule has 25 heavy (non-hydrogen) atoms. The van der Waals surface area contributed by atoms with E-state index >= 15 is 0 Å². The van der Waals surface area contributed by atoms with Crippen LogP contribution in [0.4, 0.5) is 0 Å². The van der Waals surface area contributed by atoms with Gasteiger partial charge in [0.2, 0.25) is 10.0 Å². The lowest BCUT2D eigenvalue weighted by Gasteiger charge is -2.26. The number of benzene rings is 1. The molecule has 1 aromatic rings. The van der Waals surface area contributed by atoms with Gasteiger partial charge in [0.05, 0.1) is 20.3 Å². The van der Waals surface area contributed by atoms with Crippen LogP contribution in [0, 0.1) is 0 Å². The van der Waals surface area contributed by atoms with E-state index in [0.29, 0.717) is 18.8 Å². The molecule has 1 fully saturated rings. The average molecular weight is 370 g/mol. The van der Waals surface area contributed by atoms with E-state index in [0.717, 1.165) is 12.8 Å². The molecule has 0 aromatic heterocycles. The second-order valence-corrected chi connectivity index (χ2v) is 7.95. The molecule has 1 N–H and O–H groups in total. The van der Waals surface area contributed by atoms with Crippen molar-refractivity contribution in [3.05, 3.63) is 23.8 Å². The van der Waals surface area contributed by atoms with Gasteiger partial charge in [-0.3, -0.25) is 4.79 Å². The molecule has 1 atom stereocenters. The summed E-state index contributed by atoms with van der Waals surface area (Å²) in [6, 6.07) is 4.51. The summed E-state index contributed by atoms with van der Waals surface area (Å²) in [6.07, 6.45) is 1.82. The second kappa shape index (κ2) is 8.64. The SMILES string of the molecule is CCCC(C)NC(=O)c1ccc(OC)c(S(=O)(=O)N2CCOCC2)c1. The molecular formula is C17H26N2O5S. The molecule has 1 amide bonds.